The van der Waals surface area contributed by atoms with Gasteiger partial charge in [-0.05, 0) is 32.4 Å². The monoisotopic (exact) mass is 305 g/mol. The van der Waals surface area contributed by atoms with Crippen LogP contribution < -0.4 is 10.2 Å². The molecule has 0 aromatic carbocycles. The van der Waals surface area contributed by atoms with E-state index < -0.39 is 0 Å². The number of rotatable bonds is 3. The van der Waals surface area contributed by atoms with Gasteiger partial charge in [-0.25, -0.2) is 4.98 Å². The quantitative estimate of drug-likeness (QED) is 0.920. The third-order valence-corrected chi connectivity index (χ3v) is 4.06. The summed E-state index contributed by atoms with van der Waals surface area (Å²) in [6.07, 6.45) is 2.91. The van der Waals surface area contributed by atoms with Crippen molar-refractivity contribution in [3.63, 3.8) is 0 Å². The molecule has 120 valence electrons. The van der Waals surface area contributed by atoms with Gasteiger partial charge in [-0.1, -0.05) is 0 Å². The molecule has 2 fully saturated rings. The van der Waals surface area contributed by atoms with Crippen LogP contribution in [0.1, 0.15) is 20.3 Å². The molecular weight excluding hydrogens is 282 g/mol. The second kappa shape index (κ2) is 6.62. The number of amides is 1. The molecule has 3 unspecified atom stereocenters. The molecule has 0 spiro atoms. The highest BCUT2D eigenvalue weighted by molar-refractivity contribution is 5.92. The molecule has 0 saturated carbocycles. The van der Waals surface area contributed by atoms with E-state index in [1.165, 1.54) is 0 Å². The van der Waals surface area contributed by atoms with Crippen LogP contribution in [0.2, 0.25) is 0 Å². The van der Waals surface area contributed by atoms with Crippen LogP contribution in [0.25, 0.3) is 0 Å². The standard InChI is InChI=1S/C16H23N3O3/c1-11-8-19(9-12(2)22-11)15-4-3-14(7-17-15)18-16(20)13-5-6-21-10-13/h3-4,7,11-13H,5-6,8-10H2,1-2H3,(H,18,20). The highest BCUT2D eigenvalue weighted by atomic mass is 16.5. The van der Waals surface area contributed by atoms with Crippen molar-refractivity contribution in [2.45, 2.75) is 32.5 Å². The minimum atomic E-state index is -0.0411. The minimum absolute atomic E-state index is 0.0145. The lowest BCUT2D eigenvalue weighted by Crippen LogP contribution is -2.45. The maximum absolute atomic E-state index is 12.0. The number of anilines is 2. The van der Waals surface area contributed by atoms with E-state index in [0.29, 0.717) is 13.2 Å². The van der Waals surface area contributed by atoms with Crippen molar-refractivity contribution >= 4 is 17.4 Å². The van der Waals surface area contributed by atoms with Gasteiger partial charge in [-0.15, -0.1) is 0 Å². The van der Waals surface area contributed by atoms with Crippen LogP contribution in [0, 0.1) is 5.92 Å². The van der Waals surface area contributed by atoms with Crippen LogP contribution in [0.15, 0.2) is 18.3 Å². The highest BCUT2D eigenvalue weighted by Crippen LogP contribution is 2.20. The van der Waals surface area contributed by atoms with E-state index in [1.54, 1.807) is 6.20 Å². The number of ether oxygens (including phenoxy) is 2. The van der Waals surface area contributed by atoms with Crippen LogP contribution >= 0.6 is 0 Å². The van der Waals surface area contributed by atoms with Gasteiger partial charge in [0.1, 0.15) is 5.82 Å². The van der Waals surface area contributed by atoms with Crippen molar-refractivity contribution in [1.82, 2.24) is 4.98 Å². The summed E-state index contributed by atoms with van der Waals surface area (Å²) in [7, 11) is 0. The number of nitrogens with one attached hydrogen (secondary N) is 1. The molecule has 2 saturated heterocycles. The van der Waals surface area contributed by atoms with Crippen LogP contribution in [-0.4, -0.2) is 49.4 Å². The van der Waals surface area contributed by atoms with Crippen LogP contribution in [-0.2, 0) is 14.3 Å². The predicted octanol–water partition coefficient (Wildman–Crippen LogP) is 1.67. The van der Waals surface area contributed by atoms with E-state index >= 15 is 0 Å². The summed E-state index contributed by atoms with van der Waals surface area (Å²) >= 11 is 0. The number of carbonyl (C=O) groups excluding carboxylic acids is 1. The number of aromatic nitrogens is 1. The summed E-state index contributed by atoms with van der Waals surface area (Å²) in [5, 5.41) is 2.91. The van der Waals surface area contributed by atoms with Gasteiger partial charge in [0.15, 0.2) is 0 Å². The highest BCUT2D eigenvalue weighted by Gasteiger charge is 2.24. The predicted molar refractivity (Wildman–Crippen MR) is 84.0 cm³/mol. The number of carbonyl (C=O) groups is 1. The molecule has 2 aliphatic rings. The molecule has 1 aromatic rings. The Morgan fingerprint density at radius 1 is 1.32 bits per heavy atom. The van der Waals surface area contributed by atoms with Crippen molar-refractivity contribution < 1.29 is 14.3 Å². The van der Waals surface area contributed by atoms with Crippen molar-refractivity contribution in [2.75, 3.05) is 36.5 Å². The summed E-state index contributed by atoms with van der Waals surface area (Å²) in [4.78, 5) is 18.7. The molecule has 1 amide bonds. The summed E-state index contributed by atoms with van der Waals surface area (Å²) in [5.74, 6) is 0.894. The smallest absolute Gasteiger partial charge is 0.229 e. The van der Waals surface area contributed by atoms with Crippen molar-refractivity contribution in [3.05, 3.63) is 18.3 Å². The third kappa shape index (κ3) is 3.56. The first-order valence-electron chi connectivity index (χ1n) is 7.87. The van der Waals surface area contributed by atoms with E-state index in [9.17, 15) is 4.79 Å². The summed E-state index contributed by atoms with van der Waals surface area (Å²) in [6, 6.07) is 3.85. The fourth-order valence-electron chi connectivity index (χ4n) is 3.00. The SMILES string of the molecule is CC1CN(c2ccc(NC(=O)C3CCOC3)cn2)CC(C)O1. The number of nitrogens with zero attached hydrogens (tertiary/aromatic N) is 2. The van der Waals surface area contributed by atoms with Gasteiger partial charge in [0, 0.05) is 19.7 Å². The zero-order valence-electron chi connectivity index (χ0n) is 13.1. The lowest BCUT2D eigenvalue weighted by Gasteiger charge is -2.36. The molecule has 3 rings (SSSR count). The Morgan fingerprint density at radius 3 is 2.68 bits per heavy atom. The Balaban J connectivity index is 1.61. The maximum atomic E-state index is 12.0. The Labute approximate surface area is 130 Å². The second-order valence-electron chi connectivity index (χ2n) is 6.12. The van der Waals surface area contributed by atoms with Crippen molar-refractivity contribution in [2.24, 2.45) is 5.92 Å². The Morgan fingerprint density at radius 2 is 2.09 bits per heavy atom. The molecule has 3 atom stereocenters. The van der Waals surface area contributed by atoms with Gasteiger partial charge in [0.2, 0.25) is 5.91 Å². The fourth-order valence-corrected chi connectivity index (χ4v) is 3.00. The topological polar surface area (TPSA) is 63.7 Å². The average molecular weight is 305 g/mol. The number of morpholine rings is 1. The second-order valence-corrected chi connectivity index (χ2v) is 6.12. The summed E-state index contributed by atoms with van der Waals surface area (Å²) < 4.78 is 11.0. The van der Waals surface area contributed by atoms with Crippen molar-refractivity contribution in [3.8, 4) is 0 Å². The van der Waals surface area contributed by atoms with E-state index in [2.05, 4.69) is 29.0 Å². The molecule has 1 aromatic heterocycles. The molecular formula is C16H23N3O3. The van der Waals surface area contributed by atoms with Crippen LogP contribution in [0.3, 0.4) is 0 Å². The molecule has 6 nitrogen and oxygen atoms in total. The molecule has 22 heavy (non-hydrogen) atoms. The Bertz CT molecular complexity index is 504. The summed E-state index contributed by atoms with van der Waals surface area (Å²) in [5.41, 5.74) is 0.731. The largest absolute Gasteiger partial charge is 0.381 e. The molecule has 6 heteroatoms. The lowest BCUT2D eigenvalue weighted by atomic mass is 10.1. The molecule has 1 N–H and O–H groups in total. The Kier molecular flexibility index (Phi) is 4.59. The maximum Gasteiger partial charge on any atom is 0.229 e. The van der Waals surface area contributed by atoms with Gasteiger partial charge in [0.25, 0.3) is 0 Å². The molecule has 0 aliphatic carbocycles. The first-order valence-corrected chi connectivity index (χ1v) is 7.87. The zero-order chi connectivity index (χ0) is 15.5. The molecule has 3 heterocycles. The van der Waals surface area contributed by atoms with Gasteiger partial charge < -0.3 is 19.7 Å². The summed E-state index contributed by atoms with van der Waals surface area (Å²) in [6.45, 7) is 7.00. The average Bonchev–Trinajstić information content (AvgIpc) is 3.01. The first-order chi connectivity index (χ1) is 10.6. The first kappa shape index (κ1) is 15.2. The van der Waals surface area contributed by atoms with E-state index in [0.717, 1.165) is 31.0 Å². The lowest BCUT2D eigenvalue weighted by molar-refractivity contribution is -0.119. The zero-order valence-corrected chi connectivity index (χ0v) is 13.1. The number of pyridine rings is 1. The number of hydrogen-bond acceptors (Lipinski definition) is 5. The van der Waals surface area contributed by atoms with Gasteiger partial charge >= 0.3 is 0 Å². The number of hydrogen-bond donors (Lipinski definition) is 1. The van der Waals surface area contributed by atoms with Gasteiger partial charge in [-0.2, -0.15) is 0 Å². The normalized spacial score (nSPS) is 28.6. The van der Waals surface area contributed by atoms with Gasteiger partial charge in [0.05, 0.1) is 36.6 Å². The van der Waals surface area contributed by atoms with E-state index in [1.807, 2.05) is 12.1 Å². The van der Waals surface area contributed by atoms with E-state index in [-0.39, 0.29) is 24.0 Å². The third-order valence-electron chi connectivity index (χ3n) is 4.06. The van der Waals surface area contributed by atoms with E-state index in [4.69, 9.17) is 9.47 Å². The minimum Gasteiger partial charge on any atom is -0.381 e. The van der Waals surface area contributed by atoms with Gasteiger partial charge in [-0.3, -0.25) is 4.79 Å². The van der Waals surface area contributed by atoms with Crippen LogP contribution in [0.5, 0.6) is 0 Å². The molecule has 0 bridgehead atoms. The van der Waals surface area contributed by atoms with Crippen molar-refractivity contribution in [1.29, 1.82) is 0 Å². The molecule has 2 aliphatic heterocycles. The Hall–Kier alpha value is -1.66. The fraction of sp³-hybridized carbons (Fsp3) is 0.625. The molecule has 0 radical (unpaired) electrons. The van der Waals surface area contributed by atoms with Crippen LogP contribution in [0.4, 0.5) is 11.5 Å².